The number of nitrogens with one attached hydrogen (secondary N) is 2. The molecule has 0 unspecified atom stereocenters. The minimum Gasteiger partial charge on any atom is -0.389 e. The van der Waals surface area contributed by atoms with Gasteiger partial charge in [0.1, 0.15) is 5.15 Å². The van der Waals surface area contributed by atoms with Gasteiger partial charge in [-0.2, -0.15) is 0 Å². The number of rotatable bonds is 2. The molecule has 0 radical (unpaired) electrons. The lowest BCUT2D eigenvalue weighted by atomic mass is 10.1. The van der Waals surface area contributed by atoms with Gasteiger partial charge in [-0.15, -0.1) is 5.53 Å². The Balaban J connectivity index is 2.22. The van der Waals surface area contributed by atoms with Gasteiger partial charge >= 0.3 is 0 Å². The molecule has 0 saturated carbocycles. The Morgan fingerprint density at radius 2 is 2.27 bits per heavy atom. The lowest BCUT2D eigenvalue weighted by molar-refractivity contribution is 0.0858. The molecule has 1 aliphatic rings. The van der Waals surface area contributed by atoms with Crippen LogP contribution >= 0.6 is 11.6 Å². The molecule has 6 heteroatoms. The molecule has 0 aromatic carbocycles. The number of aromatic nitrogens is 1. The van der Waals surface area contributed by atoms with Crippen molar-refractivity contribution in [3.63, 3.8) is 0 Å². The molecule has 82 valence electrons. The molecular formula is C9H13ClN4O. The van der Waals surface area contributed by atoms with Gasteiger partial charge in [0.25, 0.3) is 0 Å². The zero-order valence-corrected chi connectivity index (χ0v) is 9.34. The quantitative estimate of drug-likeness (QED) is 0.663. The molecule has 0 atom stereocenters. The molecule has 0 spiro atoms. The third kappa shape index (κ3) is 2.31. The third-order valence-corrected chi connectivity index (χ3v) is 2.20. The maximum atomic E-state index is 9.70. The van der Waals surface area contributed by atoms with Crippen molar-refractivity contribution in [3.05, 3.63) is 17.3 Å². The maximum absolute atomic E-state index is 9.70. The van der Waals surface area contributed by atoms with E-state index in [2.05, 4.69) is 15.9 Å². The third-order valence-electron chi connectivity index (χ3n) is 1.99. The second-order valence-corrected chi connectivity index (χ2v) is 4.52. The zero-order chi connectivity index (χ0) is 11.1. The second-order valence-electron chi connectivity index (χ2n) is 4.14. The van der Waals surface area contributed by atoms with E-state index in [-0.39, 0.29) is 0 Å². The Hall–Kier alpha value is -1.04. The Morgan fingerprint density at radius 3 is 2.93 bits per heavy atom. The standard InChI is InChI=1S/C9H13ClN4O/c1-9(2,15)5-14-6-3-4-7(10)11-8(6)12-13-14/h3-4,13,15H,5H2,1-2H3,(H,11,12). The number of hydrogen-bond donors (Lipinski definition) is 3. The molecule has 3 N–H and O–H groups in total. The van der Waals surface area contributed by atoms with Crippen molar-refractivity contribution in [1.82, 2.24) is 10.5 Å². The summed E-state index contributed by atoms with van der Waals surface area (Å²) in [5.74, 6) is 0.673. The van der Waals surface area contributed by atoms with Crippen LogP contribution in [0.4, 0.5) is 11.5 Å². The zero-order valence-electron chi connectivity index (χ0n) is 8.58. The number of β-amino-alcohol motifs (C(OH)–C–C–N with tert-alkyl or cyclic N) is 1. The predicted molar refractivity (Wildman–Crippen MR) is 59.6 cm³/mol. The fourth-order valence-electron chi connectivity index (χ4n) is 1.43. The van der Waals surface area contributed by atoms with Crippen LogP contribution < -0.4 is 16.0 Å². The van der Waals surface area contributed by atoms with Gasteiger partial charge in [0.2, 0.25) is 0 Å². The summed E-state index contributed by atoms with van der Waals surface area (Å²) < 4.78 is 0. The summed E-state index contributed by atoms with van der Waals surface area (Å²) in [5, 5.41) is 11.9. The number of hydrogen-bond acceptors (Lipinski definition) is 5. The van der Waals surface area contributed by atoms with Crippen molar-refractivity contribution in [3.8, 4) is 0 Å². The number of halogens is 1. The highest BCUT2D eigenvalue weighted by Crippen LogP contribution is 2.29. The normalized spacial score (nSPS) is 15.1. The number of hydrazine groups is 2. The first-order valence-electron chi connectivity index (χ1n) is 4.64. The molecule has 0 saturated heterocycles. The van der Waals surface area contributed by atoms with Crippen LogP contribution in [0.3, 0.4) is 0 Å². The van der Waals surface area contributed by atoms with E-state index >= 15 is 0 Å². The topological polar surface area (TPSA) is 60.4 Å². The highest BCUT2D eigenvalue weighted by atomic mass is 35.5. The van der Waals surface area contributed by atoms with E-state index < -0.39 is 5.60 Å². The first-order chi connectivity index (χ1) is 6.96. The van der Waals surface area contributed by atoms with Gasteiger partial charge in [0, 0.05) is 0 Å². The number of aliphatic hydroxyl groups is 1. The van der Waals surface area contributed by atoms with Gasteiger partial charge in [-0.3, -0.25) is 10.4 Å². The molecule has 1 aliphatic heterocycles. The Kier molecular flexibility index (Phi) is 2.46. The highest BCUT2D eigenvalue weighted by Gasteiger charge is 2.25. The van der Waals surface area contributed by atoms with Crippen LogP contribution in [0, 0.1) is 0 Å². The summed E-state index contributed by atoms with van der Waals surface area (Å²) in [6.45, 7) is 3.95. The van der Waals surface area contributed by atoms with Gasteiger partial charge in [-0.05, 0) is 26.0 Å². The Labute approximate surface area is 93.0 Å². The lowest BCUT2D eigenvalue weighted by Crippen LogP contribution is -2.45. The average molecular weight is 229 g/mol. The Morgan fingerprint density at radius 1 is 1.53 bits per heavy atom. The van der Waals surface area contributed by atoms with E-state index in [1.807, 2.05) is 6.07 Å². The molecular weight excluding hydrogens is 216 g/mol. The summed E-state index contributed by atoms with van der Waals surface area (Å²) in [5.41, 5.74) is 5.89. The van der Waals surface area contributed by atoms with Crippen molar-refractivity contribution in [2.24, 2.45) is 0 Å². The molecule has 0 amide bonds. The van der Waals surface area contributed by atoms with Gasteiger partial charge in [-0.25, -0.2) is 4.98 Å². The van der Waals surface area contributed by atoms with E-state index in [9.17, 15) is 5.11 Å². The second kappa shape index (κ2) is 3.52. The number of fused-ring (bicyclic) bond motifs is 1. The monoisotopic (exact) mass is 228 g/mol. The largest absolute Gasteiger partial charge is 0.389 e. The van der Waals surface area contributed by atoms with E-state index in [0.29, 0.717) is 17.5 Å². The van der Waals surface area contributed by atoms with E-state index in [1.165, 1.54) is 0 Å². The molecule has 0 aliphatic carbocycles. The summed E-state index contributed by atoms with van der Waals surface area (Å²) in [6, 6.07) is 3.57. The number of pyridine rings is 1. The molecule has 5 nitrogen and oxygen atoms in total. The molecule has 15 heavy (non-hydrogen) atoms. The first kappa shape index (κ1) is 10.5. The minimum atomic E-state index is -0.782. The van der Waals surface area contributed by atoms with Crippen LogP contribution in [-0.4, -0.2) is 22.2 Å². The van der Waals surface area contributed by atoms with Gasteiger partial charge in [-0.1, -0.05) is 11.6 Å². The molecule has 2 heterocycles. The van der Waals surface area contributed by atoms with E-state index in [1.54, 1.807) is 24.9 Å². The van der Waals surface area contributed by atoms with Crippen molar-refractivity contribution in [2.45, 2.75) is 19.4 Å². The van der Waals surface area contributed by atoms with Gasteiger partial charge in [0.15, 0.2) is 5.82 Å². The smallest absolute Gasteiger partial charge is 0.168 e. The van der Waals surface area contributed by atoms with Crippen molar-refractivity contribution in [1.29, 1.82) is 0 Å². The molecule has 0 fully saturated rings. The fourth-order valence-corrected chi connectivity index (χ4v) is 1.58. The van der Waals surface area contributed by atoms with E-state index in [0.717, 1.165) is 5.69 Å². The molecule has 1 aromatic heterocycles. The van der Waals surface area contributed by atoms with E-state index in [4.69, 9.17) is 11.6 Å². The Bertz CT molecular complexity index is 377. The van der Waals surface area contributed by atoms with Crippen LogP contribution in [0.25, 0.3) is 0 Å². The van der Waals surface area contributed by atoms with Gasteiger partial charge in [0.05, 0.1) is 17.8 Å². The summed E-state index contributed by atoms with van der Waals surface area (Å²) in [4.78, 5) is 4.10. The van der Waals surface area contributed by atoms with Crippen LogP contribution in [0.2, 0.25) is 5.15 Å². The average Bonchev–Trinajstić information content (AvgIpc) is 2.45. The van der Waals surface area contributed by atoms with Crippen LogP contribution in [0.1, 0.15) is 13.8 Å². The summed E-state index contributed by atoms with van der Waals surface area (Å²) >= 11 is 5.76. The number of nitrogens with zero attached hydrogens (tertiary/aromatic N) is 2. The van der Waals surface area contributed by atoms with Gasteiger partial charge < -0.3 is 5.11 Å². The molecule has 2 rings (SSSR count). The SMILES string of the molecule is CC(C)(O)CN1NNc2nc(Cl)ccc21. The summed E-state index contributed by atoms with van der Waals surface area (Å²) in [7, 11) is 0. The molecule has 1 aromatic rings. The lowest BCUT2D eigenvalue weighted by Gasteiger charge is -2.25. The van der Waals surface area contributed by atoms with Crippen LogP contribution in [-0.2, 0) is 0 Å². The fraction of sp³-hybridized carbons (Fsp3) is 0.444. The highest BCUT2D eigenvalue weighted by molar-refractivity contribution is 6.29. The number of anilines is 2. The predicted octanol–water partition coefficient (Wildman–Crippen LogP) is 1.16. The minimum absolute atomic E-state index is 0.438. The van der Waals surface area contributed by atoms with Crippen LogP contribution in [0.15, 0.2) is 12.1 Å². The van der Waals surface area contributed by atoms with Crippen molar-refractivity contribution in [2.75, 3.05) is 17.0 Å². The first-order valence-corrected chi connectivity index (χ1v) is 5.02. The van der Waals surface area contributed by atoms with Crippen molar-refractivity contribution >= 4 is 23.1 Å². The summed E-state index contributed by atoms with van der Waals surface area (Å²) in [6.07, 6.45) is 0. The maximum Gasteiger partial charge on any atom is 0.168 e. The molecule has 0 bridgehead atoms. The van der Waals surface area contributed by atoms with Crippen molar-refractivity contribution < 1.29 is 5.11 Å². The van der Waals surface area contributed by atoms with Crippen LogP contribution in [0.5, 0.6) is 0 Å².